The van der Waals surface area contributed by atoms with E-state index in [1.165, 1.54) is 18.4 Å². The largest absolute Gasteiger partial charge is 0.264 e. The second kappa shape index (κ2) is 4.04. The van der Waals surface area contributed by atoms with Gasteiger partial charge in [0.25, 0.3) is 0 Å². The van der Waals surface area contributed by atoms with E-state index in [2.05, 4.69) is 18.0 Å². The minimum Gasteiger partial charge on any atom is -0.264 e. The van der Waals surface area contributed by atoms with Gasteiger partial charge < -0.3 is 0 Å². The Kier molecular flexibility index (Phi) is 2.94. The third kappa shape index (κ3) is 2.18. The third-order valence-corrected chi connectivity index (χ3v) is 1.49. The average molecular weight is 134 g/mol. The summed E-state index contributed by atoms with van der Waals surface area (Å²) in [5, 5.41) is 0. The summed E-state index contributed by atoms with van der Waals surface area (Å²) in [5.41, 5.74) is 1.27. The van der Waals surface area contributed by atoms with Crippen molar-refractivity contribution in [1.29, 1.82) is 0 Å². The standard InChI is InChI=1S/C9H12N/c1-2-3-4-9-5-7-10-8-6-9/h5,7-8H,2-4H2,1H3. The number of rotatable bonds is 3. The van der Waals surface area contributed by atoms with Crippen LogP contribution in [0.15, 0.2) is 18.5 Å². The van der Waals surface area contributed by atoms with Gasteiger partial charge in [-0.15, -0.1) is 0 Å². The SMILES string of the molecule is CCCCc1[c]cncc1. The molecule has 53 valence electrons. The summed E-state index contributed by atoms with van der Waals surface area (Å²) in [4.78, 5) is 3.90. The van der Waals surface area contributed by atoms with Crippen molar-refractivity contribution < 1.29 is 0 Å². The third-order valence-electron chi connectivity index (χ3n) is 1.49. The zero-order valence-electron chi connectivity index (χ0n) is 6.30. The van der Waals surface area contributed by atoms with E-state index in [1.807, 2.05) is 12.3 Å². The van der Waals surface area contributed by atoms with Crippen LogP contribution in [0.5, 0.6) is 0 Å². The van der Waals surface area contributed by atoms with Gasteiger partial charge in [0.05, 0.1) is 0 Å². The molecule has 0 aromatic carbocycles. The van der Waals surface area contributed by atoms with Gasteiger partial charge in [0.15, 0.2) is 0 Å². The molecule has 0 saturated carbocycles. The maximum Gasteiger partial charge on any atom is 0.0349 e. The molecule has 0 N–H and O–H groups in total. The molecule has 1 nitrogen and oxygen atoms in total. The van der Waals surface area contributed by atoms with Gasteiger partial charge in [0, 0.05) is 18.5 Å². The van der Waals surface area contributed by atoms with Crippen LogP contribution in [-0.4, -0.2) is 4.98 Å². The van der Waals surface area contributed by atoms with Crippen LogP contribution < -0.4 is 0 Å². The summed E-state index contributed by atoms with van der Waals surface area (Å²) in [6.45, 7) is 2.20. The van der Waals surface area contributed by atoms with E-state index in [1.54, 1.807) is 6.20 Å². The highest BCUT2D eigenvalue weighted by Gasteiger charge is 1.88. The lowest BCUT2D eigenvalue weighted by Crippen LogP contribution is -1.83. The fourth-order valence-electron chi connectivity index (χ4n) is 0.867. The molecule has 1 aromatic rings. The lowest BCUT2D eigenvalue weighted by atomic mass is 10.1. The topological polar surface area (TPSA) is 12.9 Å². The Morgan fingerprint density at radius 3 is 3.10 bits per heavy atom. The van der Waals surface area contributed by atoms with Crippen molar-refractivity contribution in [2.75, 3.05) is 0 Å². The fraction of sp³-hybridized carbons (Fsp3) is 0.444. The Balaban J connectivity index is 2.43. The lowest BCUT2D eigenvalue weighted by molar-refractivity contribution is 0.793. The van der Waals surface area contributed by atoms with Crippen LogP contribution >= 0.6 is 0 Å². The van der Waals surface area contributed by atoms with Gasteiger partial charge in [0.2, 0.25) is 0 Å². The number of aromatic nitrogens is 1. The average Bonchev–Trinajstić information content (AvgIpc) is 2.03. The summed E-state index contributed by atoms with van der Waals surface area (Å²) < 4.78 is 0. The molecule has 0 bridgehead atoms. The van der Waals surface area contributed by atoms with Crippen molar-refractivity contribution in [3.8, 4) is 0 Å². The number of hydrogen-bond acceptors (Lipinski definition) is 1. The van der Waals surface area contributed by atoms with E-state index in [4.69, 9.17) is 0 Å². The predicted molar refractivity (Wildman–Crippen MR) is 41.7 cm³/mol. The summed E-state index contributed by atoms with van der Waals surface area (Å²) in [6, 6.07) is 5.12. The molecule has 1 aromatic heterocycles. The van der Waals surface area contributed by atoms with Crippen LogP contribution in [0.3, 0.4) is 0 Å². The van der Waals surface area contributed by atoms with Gasteiger partial charge in [-0.2, -0.15) is 0 Å². The van der Waals surface area contributed by atoms with Gasteiger partial charge in [-0.05, 0) is 24.5 Å². The van der Waals surface area contributed by atoms with Crippen molar-refractivity contribution >= 4 is 0 Å². The number of hydrogen-bond donors (Lipinski definition) is 0. The summed E-state index contributed by atoms with van der Waals surface area (Å²) >= 11 is 0. The molecule has 0 atom stereocenters. The first-order valence-electron chi connectivity index (χ1n) is 3.74. The summed E-state index contributed by atoms with van der Waals surface area (Å²) in [7, 11) is 0. The van der Waals surface area contributed by atoms with E-state index in [0.717, 1.165) is 6.42 Å². The Morgan fingerprint density at radius 1 is 1.60 bits per heavy atom. The Bertz CT molecular complexity index is 169. The first-order valence-corrected chi connectivity index (χ1v) is 3.74. The van der Waals surface area contributed by atoms with Gasteiger partial charge in [-0.3, -0.25) is 4.98 Å². The molecule has 1 heteroatoms. The highest BCUT2D eigenvalue weighted by atomic mass is 14.6. The molecule has 0 fully saturated rings. The Morgan fingerprint density at radius 2 is 2.50 bits per heavy atom. The van der Waals surface area contributed by atoms with Gasteiger partial charge in [-0.1, -0.05) is 13.3 Å². The molecule has 0 unspecified atom stereocenters. The second-order valence-electron chi connectivity index (χ2n) is 2.37. The number of pyridine rings is 1. The first-order chi connectivity index (χ1) is 4.93. The summed E-state index contributed by atoms with van der Waals surface area (Å²) in [6.07, 6.45) is 7.18. The fourth-order valence-corrected chi connectivity index (χ4v) is 0.867. The molecule has 1 rings (SSSR count). The molecule has 0 amide bonds. The van der Waals surface area contributed by atoms with Gasteiger partial charge in [-0.25, -0.2) is 0 Å². The molecule has 1 heterocycles. The highest BCUT2D eigenvalue weighted by molar-refractivity contribution is 5.07. The van der Waals surface area contributed by atoms with E-state index in [0.29, 0.717) is 0 Å². The molecule has 0 aliphatic rings. The minimum atomic E-state index is 1.14. The summed E-state index contributed by atoms with van der Waals surface area (Å²) in [5.74, 6) is 0. The number of unbranched alkanes of at least 4 members (excludes halogenated alkanes) is 1. The molecule has 1 radical (unpaired) electrons. The van der Waals surface area contributed by atoms with Crippen LogP contribution in [0.25, 0.3) is 0 Å². The van der Waals surface area contributed by atoms with Gasteiger partial charge >= 0.3 is 0 Å². The molecule has 10 heavy (non-hydrogen) atoms. The zero-order chi connectivity index (χ0) is 7.23. The maximum absolute atomic E-state index is 3.90. The van der Waals surface area contributed by atoms with Crippen molar-refractivity contribution in [2.45, 2.75) is 26.2 Å². The van der Waals surface area contributed by atoms with E-state index in [9.17, 15) is 0 Å². The lowest BCUT2D eigenvalue weighted by Gasteiger charge is -1.95. The maximum atomic E-state index is 3.90. The molecule has 0 saturated heterocycles. The molecule has 0 aliphatic heterocycles. The van der Waals surface area contributed by atoms with Crippen molar-refractivity contribution in [1.82, 2.24) is 4.98 Å². The van der Waals surface area contributed by atoms with Crippen LogP contribution in [0.2, 0.25) is 0 Å². The van der Waals surface area contributed by atoms with E-state index in [-0.39, 0.29) is 0 Å². The Labute approximate surface area is 62.1 Å². The van der Waals surface area contributed by atoms with E-state index < -0.39 is 0 Å². The highest BCUT2D eigenvalue weighted by Crippen LogP contribution is 2.01. The smallest absolute Gasteiger partial charge is 0.0349 e. The van der Waals surface area contributed by atoms with Crippen molar-refractivity contribution in [3.63, 3.8) is 0 Å². The molecule has 0 spiro atoms. The minimum absolute atomic E-state index is 1.14. The van der Waals surface area contributed by atoms with Crippen LogP contribution in [0, 0.1) is 6.07 Å². The number of aryl methyl sites for hydroxylation is 1. The zero-order valence-corrected chi connectivity index (χ0v) is 6.30. The molecular weight excluding hydrogens is 122 g/mol. The van der Waals surface area contributed by atoms with Crippen molar-refractivity contribution in [2.24, 2.45) is 0 Å². The normalized spacial score (nSPS) is 9.70. The van der Waals surface area contributed by atoms with Crippen LogP contribution in [0.1, 0.15) is 25.3 Å². The van der Waals surface area contributed by atoms with Crippen molar-refractivity contribution in [3.05, 3.63) is 30.1 Å². The predicted octanol–water partition coefficient (Wildman–Crippen LogP) is 2.22. The van der Waals surface area contributed by atoms with Gasteiger partial charge in [0.1, 0.15) is 0 Å². The Hall–Kier alpha value is -0.850. The molecular formula is C9H12N. The molecule has 0 aliphatic carbocycles. The number of nitrogens with zero attached hydrogens (tertiary/aromatic N) is 1. The van der Waals surface area contributed by atoms with Crippen LogP contribution in [0.4, 0.5) is 0 Å². The second-order valence-corrected chi connectivity index (χ2v) is 2.37. The quantitative estimate of drug-likeness (QED) is 0.617. The van der Waals surface area contributed by atoms with Crippen LogP contribution in [-0.2, 0) is 6.42 Å². The first kappa shape index (κ1) is 7.26. The monoisotopic (exact) mass is 134 g/mol. The van der Waals surface area contributed by atoms with E-state index >= 15 is 0 Å².